The van der Waals surface area contributed by atoms with E-state index in [1.54, 1.807) is 0 Å². The lowest BCUT2D eigenvalue weighted by Crippen LogP contribution is -2.41. The maximum atomic E-state index is 12.1. The molecule has 0 bridgehead atoms. The molecule has 2 amide bonds. The fourth-order valence-electron chi connectivity index (χ4n) is 2.84. The van der Waals surface area contributed by atoms with E-state index < -0.39 is 0 Å². The van der Waals surface area contributed by atoms with Gasteiger partial charge in [-0.1, -0.05) is 13.8 Å². The van der Waals surface area contributed by atoms with Gasteiger partial charge in [0.2, 0.25) is 11.8 Å². The second kappa shape index (κ2) is 11.7. The van der Waals surface area contributed by atoms with Crippen LogP contribution in [0, 0.1) is 0 Å². The smallest absolute Gasteiger partial charge is 0.223 e. The summed E-state index contributed by atoms with van der Waals surface area (Å²) >= 11 is 0. The minimum atomic E-state index is -0.00299. The largest absolute Gasteiger partial charge is 0.353 e. The molecular formula is C16H32ClN3O2. The van der Waals surface area contributed by atoms with Crippen molar-refractivity contribution in [3.8, 4) is 0 Å². The van der Waals surface area contributed by atoms with E-state index in [0.717, 1.165) is 51.6 Å². The lowest BCUT2D eigenvalue weighted by Gasteiger charge is -2.27. The maximum absolute atomic E-state index is 12.1. The van der Waals surface area contributed by atoms with Crippen molar-refractivity contribution >= 4 is 24.2 Å². The highest BCUT2D eigenvalue weighted by molar-refractivity contribution is 5.85. The number of nitrogens with one attached hydrogen (secondary N) is 1. The SMILES string of the molecule is CCCN(CCC)C(=O)CCC(=O)NC1CCC(N)CC1.Cl. The van der Waals surface area contributed by atoms with Crippen molar-refractivity contribution < 1.29 is 9.59 Å². The van der Waals surface area contributed by atoms with Crippen LogP contribution < -0.4 is 11.1 Å². The summed E-state index contributed by atoms with van der Waals surface area (Å²) in [5, 5.41) is 3.03. The van der Waals surface area contributed by atoms with E-state index in [0.29, 0.717) is 12.8 Å². The first-order valence-corrected chi connectivity index (χ1v) is 8.39. The molecule has 22 heavy (non-hydrogen) atoms. The van der Waals surface area contributed by atoms with E-state index in [2.05, 4.69) is 19.2 Å². The third kappa shape index (κ3) is 7.99. The van der Waals surface area contributed by atoms with Crippen molar-refractivity contribution in [1.82, 2.24) is 10.2 Å². The molecule has 0 aromatic carbocycles. The Morgan fingerprint density at radius 1 is 1.05 bits per heavy atom. The van der Waals surface area contributed by atoms with Crippen molar-refractivity contribution in [2.45, 2.75) is 77.3 Å². The molecular weight excluding hydrogens is 302 g/mol. The molecule has 0 radical (unpaired) electrons. The van der Waals surface area contributed by atoms with Crippen LogP contribution in [0.5, 0.6) is 0 Å². The predicted molar refractivity (Wildman–Crippen MR) is 92.0 cm³/mol. The van der Waals surface area contributed by atoms with E-state index in [-0.39, 0.29) is 36.3 Å². The molecule has 0 aliphatic heterocycles. The first kappa shape index (κ1) is 21.2. The lowest BCUT2D eigenvalue weighted by molar-refractivity contribution is -0.133. The van der Waals surface area contributed by atoms with Gasteiger partial charge in [-0.2, -0.15) is 0 Å². The Morgan fingerprint density at radius 3 is 2.09 bits per heavy atom. The van der Waals surface area contributed by atoms with Gasteiger partial charge in [0, 0.05) is 38.0 Å². The summed E-state index contributed by atoms with van der Waals surface area (Å²) in [6, 6.07) is 0.533. The summed E-state index contributed by atoms with van der Waals surface area (Å²) in [7, 11) is 0. The molecule has 3 N–H and O–H groups in total. The van der Waals surface area contributed by atoms with E-state index in [4.69, 9.17) is 5.73 Å². The average molecular weight is 334 g/mol. The molecule has 1 aliphatic rings. The van der Waals surface area contributed by atoms with Crippen molar-refractivity contribution in [3.05, 3.63) is 0 Å². The van der Waals surface area contributed by atoms with Crippen LogP contribution in [0.2, 0.25) is 0 Å². The summed E-state index contributed by atoms with van der Waals surface area (Å²) in [4.78, 5) is 25.9. The summed E-state index contributed by atoms with van der Waals surface area (Å²) < 4.78 is 0. The molecule has 1 saturated carbocycles. The number of carbonyl (C=O) groups is 2. The minimum Gasteiger partial charge on any atom is -0.353 e. The molecule has 0 saturated heterocycles. The Balaban J connectivity index is 0.00000441. The van der Waals surface area contributed by atoms with Crippen LogP contribution in [0.15, 0.2) is 0 Å². The van der Waals surface area contributed by atoms with Crippen molar-refractivity contribution in [2.75, 3.05) is 13.1 Å². The van der Waals surface area contributed by atoms with Crippen LogP contribution in [0.4, 0.5) is 0 Å². The molecule has 0 heterocycles. The monoisotopic (exact) mass is 333 g/mol. The van der Waals surface area contributed by atoms with Crippen LogP contribution in [-0.4, -0.2) is 41.9 Å². The van der Waals surface area contributed by atoms with Crippen LogP contribution in [0.1, 0.15) is 65.2 Å². The third-order valence-corrected chi connectivity index (χ3v) is 4.04. The molecule has 0 spiro atoms. The van der Waals surface area contributed by atoms with Gasteiger partial charge in [-0.05, 0) is 38.5 Å². The lowest BCUT2D eigenvalue weighted by atomic mass is 9.92. The first-order chi connectivity index (χ1) is 10.1. The Labute approximate surface area is 140 Å². The van der Waals surface area contributed by atoms with Crippen molar-refractivity contribution in [2.24, 2.45) is 5.73 Å². The molecule has 130 valence electrons. The topological polar surface area (TPSA) is 75.4 Å². The Morgan fingerprint density at radius 2 is 1.59 bits per heavy atom. The van der Waals surface area contributed by atoms with Crippen molar-refractivity contribution in [3.63, 3.8) is 0 Å². The minimum absolute atomic E-state index is 0. The third-order valence-electron chi connectivity index (χ3n) is 4.04. The van der Waals surface area contributed by atoms with Crippen molar-refractivity contribution in [1.29, 1.82) is 0 Å². The van der Waals surface area contributed by atoms with Gasteiger partial charge in [-0.3, -0.25) is 9.59 Å². The van der Waals surface area contributed by atoms with E-state index in [1.165, 1.54) is 0 Å². The fraction of sp³-hybridized carbons (Fsp3) is 0.875. The van der Waals surface area contributed by atoms with Gasteiger partial charge in [0.05, 0.1) is 0 Å². The summed E-state index contributed by atoms with van der Waals surface area (Å²) in [6.45, 7) is 5.70. The number of hydrogen-bond donors (Lipinski definition) is 2. The standard InChI is InChI=1S/C16H31N3O2.ClH/c1-3-11-19(12-4-2)16(21)10-9-15(20)18-14-7-5-13(17)6-8-14;/h13-14H,3-12,17H2,1-2H3,(H,18,20);1H. The van der Waals surface area contributed by atoms with Gasteiger partial charge >= 0.3 is 0 Å². The summed E-state index contributed by atoms with van der Waals surface area (Å²) in [5.41, 5.74) is 5.85. The van der Waals surface area contributed by atoms with Gasteiger partial charge < -0.3 is 16.0 Å². The van der Waals surface area contributed by atoms with E-state index in [9.17, 15) is 9.59 Å². The summed E-state index contributed by atoms with van der Waals surface area (Å²) in [6.07, 6.45) is 6.40. The zero-order chi connectivity index (χ0) is 15.7. The van der Waals surface area contributed by atoms with Crippen LogP contribution >= 0.6 is 12.4 Å². The molecule has 0 atom stereocenters. The molecule has 1 fully saturated rings. The molecule has 0 aromatic rings. The van der Waals surface area contributed by atoms with E-state index in [1.807, 2.05) is 4.90 Å². The second-order valence-electron chi connectivity index (χ2n) is 6.06. The first-order valence-electron chi connectivity index (χ1n) is 8.39. The number of nitrogens with two attached hydrogens (primary N) is 1. The second-order valence-corrected chi connectivity index (χ2v) is 6.06. The maximum Gasteiger partial charge on any atom is 0.223 e. The number of carbonyl (C=O) groups excluding carboxylic acids is 2. The van der Waals surface area contributed by atoms with Crippen LogP contribution in [0.3, 0.4) is 0 Å². The number of rotatable bonds is 8. The molecule has 1 aliphatic carbocycles. The molecule has 6 heteroatoms. The van der Waals surface area contributed by atoms with Gasteiger partial charge in [0.15, 0.2) is 0 Å². The van der Waals surface area contributed by atoms with Gasteiger partial charge in [-0.25, -0.2) is 0 Å². The van der Waals surface area contributed by atoms with Gasteiger partial charge in [0.25, 0.3) is 0 Å². The molecule has 0 aromatic heterocycles. The zero-order valence-electron chi connectivity index (χ0n) is 14.0. The van der Waals surface area contributed by atoms with E-state index >= 15 is 0 Å². The quantitative estimate of drug-likeness (QED) is 0.715. The van der Waals surface area contributed by atoms with Gasteiger partial charge in [-0.15, -0.1) is 12.4 Å². The van der Waals surface area contributed by atoms with Crippen LogP contribution in [0.25, 0.3) is 0 Å². The predicted octanol–water partition coefficient (Wildman–Crippen LogP) is 2.22. The van der Waals surface area contributed by atoms with Gasteiger partial charge in [0.1, 0.15) is 0 Å². The average Bonchev–Trinajstić information content (AvgIpc) is 2.47. The fourth-order valence-corrected chi connectivity index (χ4v) is 2.84. The molecule has 0 unspecified atom stereocenters. The van der Waals surface area contributed by atoms with Crippen LogP contribution in [-0.2, 0) is 9.59 Å². The number of hydrogen-bond acceptors (Lipinski definition) is 3. The highest BCUT2D eigenvalue weighted by Gasteiger charge is 2.20. The zero-order valence-corrected chi connectivity index (χ0v) is 14.8. The Kier molecular flexibility index (Phi) is 11.3. The Hall–Kier alpha value is -0.810. The highest BCUT2D eigenvalue weighted by Crippen LogP contribution is 2.17. The molecule has 1 rings (SSSR count). The molecule has 5 nitrogen and oxygen atoms in total. The number of halogens is 1. The summed E-state index contributed by atoms with van der Waals surface area (Å²) in [5.74, 6) is 0.0938. The number of nitrogens with zero attached hydrogens (tertiary/aromatic N) is 1. The number of amides is 2. The normalized spacial score (nSPS) is 20.9. The Bertz CT molecular complexity index is 325. The highest BCUT2D eigenvalue weighted by atomic mass is 35.5.